The van der Waals surface area contributed by atoms with Gasteiger partial charge in [-0.25, -0.2) is 0 Å². The Morgan fingerprint density at radius 1 is 1.55 bits per heavy atom. The minimum absolute atomic E-state index is 0.314. The van der Waals surface area contributed by atoms with Crippen molar-refractivity contribution < 1.29 is 4.74 Å². The first-order chi connectivity index (χ1) is 9.75. The van der Waals surface area contributed by atoms with E-state index in [4.69, 9.17) is 10.5 Å². The molecule has 20 heavy (non-hydrogen) atoms. The molecule has 6 heteroatoms. The number of nitrogens with one attached hydrogen (secondary N) is 1. The molecule has 0 spiro atoms. The first kappa shape index (κ1) is 13.3. The topological polar surface area (TPSA) is 73.1 Å². The second-order valence-corrected chi connectivity index (χ2v) is 5.79. The van der Waals surface area contributed by atoms with Crippen LogP contribution in [0.4, 0.5) is 10.8 Å². The van der Waals surface area contributed by atoms with E-state index in [1.54, 1.807) is 6.20 Å². The number of anilines is 2. The van der Waals surface area contributed by atoms with Crippen molar-refractivity contribution in [2.45, 2.75) is 19.4 Å². The van der Waals surface area contributed by atoms with Crippen molar-refractivity contribution in [3.8, 4) is 11.1 Å². The first-order valence-corrected chi connectivity index (χ1v) is 7.54. The Morgan fingerprint density at radius 2 is 2.45 bits per heavy atom. The van der Waals surface area contributed by atoms with Crippen LogP contribution in [0, 0.1) is 5.92 Å². The number of ether oxygens (including phenoxy) is 1. The van der Waals surface area contributed by atoms with Crippen LogP contribution in [0.2, 0.25) is 0 Å². The Bertz CT molecular complexity index is 572. The Labute approximate surface area is 122 Å². The third-order valence-corrected chi connectivity index (χ3v) is 4.55. The van der Waals surface area contributed by atoms with Gasteiger partial charge in [0.05, 0.1) is 11.7 Å². The maximum absolute atomic E-state index is 5.99. The molecule has 3 N–H and O–H groups in total. The van der Waals surface area contributed by atoms with Crippen molar-refractivity contribution in [1.29, 1.82) is 0 Å². The predicted molar refractivity (Wildman–Crippen MR) is 81.8 cm³/mol. The van der Waals surface area contributed by atoms with Crippen LogP contribution in [0.5, 0.6) is 0 Å². The Kier molecular flexibility index (Phi) is 3.84. The Hall–Kier alpha value is -1.66. The fourth-order valence-corrected chi connectivity index (χ4v) is 3.22. The van der Waals surface area contributed by atoms with Gasteiger partial charge in [0.25, 0.3) is 0 Å². The highest BCUT2D eigenvalue weighted by molar-refractivity contribution is 7.11. The number of nitrogens with zero attached hydrogens (tertiary/aromatic N) is 2. The van der Waals surface area contributed by atoms with E-state index in [2.05, 4.69) is 21.6 Å². The summed E-state index contributed by atoms with van der Waals surface area (Å²) in [6, 6.07) is 3.91. The van der Waals surface area contributed by atoms with Crippen molar-refractivity contribution >= 4 is 22.4 Å². The van der Waals surface area contributed by atoms with Gasteiger partial charge in [0.1, 0.15) is 10.8 Å². The minimum Gasteiger partial charge on any atom is -0.382 e. The summed E-state index contributed by atoms with van der Waals surface area (Å²) >= 11 is 1.40. The summed E-state index contributed by atoms with van der Waals surface area (Å²) in [5.74, 6) is 1.10. The smallest absolute Gasteiger partial charge is 0.147 e. The summed E-state index contributed by atoms with van der Waals surface area (Å²) in [6.45, 7) is 3.87. The molecule has 106 valence electrons. The summed E-state index contributed by atoms with van der Waals surface area (Å²) in [6.07, 6.45) is 4.98. The van der Waals surface area contributed by atoms with Crippen molar-refractivity contribution in [2.24, 2.45) is 5.92 Å². The molecule has 1 saturated heterocycles. The highest BCUT2D eigenvalue weighted by Crippen LogP contribution is 2.36. The van der Waals surface area contributed by atoms with Crippen LogP contribution in [0.15, 0.2) is 24.5 Å². The van der Waals surface area contributed by atoms with Gasteiger partial charge in [-0.05, 0) is 30.9 Å². The molecule has 2 aromatic rings. The molecular formula is C14H18N4OS. The molecule has 1 fully saturated rings. The lowest BCUT2D eigenvalue weighted by atomic mass is 10.0. The van der Waals surface area contributed by atoms with Crippen LogP contribution in [0.25, 0.3) is 11.1 Å². The van der Waals surface area contributed by atoms with Crippen LogP contribution in [-0.2, 0) is 4.74 Å². The summed E-state index contributed by atoms with van der Waals surface area (Å²) in [5, 5.41) is 4.48. The number of pyridine rings is 1. The summed E-state index contributed by atoms with van der Waals surface area (Å²) in [7, 11) is 0. The summed E-state index contributed by atoms with van der Waals surface area (Å²) in [5.41, 5.74) is 7.94. The van der Waals surface area contributed by atoms with E-state index in [0.717, 1.165) is 35.7 Å². The van der Waals surface area contributed by atoms with Crippen molar-refractivity contribution in [3.05, 3.63) is 24.5 Å². The molecular weight excluding hydrogens is 272 g/mol. The van der Waals surface area contributed by atoms with Gasteiger partial charge < -0.3 is 15.8 Å². The van der Waals surface area contributed by atoms with Crippen LogP contribution in [0.1, 0.15) is 13.3 Å². The third-order valence-electron chi connectivity index (χ3n) is 3.73. The van der Waals surface area contributed by atoms with Gasteiger partial charge in [-0.2, -0.15) is 4.37 Å². The second kappa shape index (κ2) is 5.76. The van der Waals surface area contributed by atoms with Gasteiger partial charge in [0, 0.05) is 37.0 Å². The first-order valence-electron chi connectivity index (χ1n) is 6.76. The Morgan fingerprint density at radius 3 is 3.15 bits per heavy atom. The van der Waals surface area contributed by atoms with E-state index in [1.165, 1.54) is 11.5 Å². The van der Waals surface area contributed by atoms with E-state index in [-0.39, 0.29) is 0 Å². The molecule has 2 atom stereocenters. The third kappa shape index (κ3) is 2.62. The summed E-state index contributed by atoms with van der Waals surface area (Å²) in [4.78, 5) is 4.15. The van der Waals surface area contributed by atoms with Crippen molar-refractivity contribution in [3.63, 3.8) is 0 Å². The lowest BCUT2D eigenvalue weighted by Gasteiger charge is -2.15. The molecule has 2 aromatic heterocycles. The van der Waals surface area contributed by atoms with E-state index >= 15 is 0 Å². The lowest BCUT2D eigenvalue weighted by Crippen LogP contribution is -2.20. The van der Waals surface area contributed by atoms with Gasteiger partial charge in [0.2, 0.25) is 0 Å². The molecule has 0 bridgehead atoms. The fraction of sp³-hybridized carbons (Fsp3) is 0.429. The second-order valence-electron chi connectivity index (χ2n) is 5.02. The largest absolute Gasteiger partial charge is 0.382 e. The van der Waals surface area contributed by atoms with Gasteiger partial charge in [0.15, 0.2) is 0 Å². The van der Waals surface area contributed by atoms with E-state index in [1.807, 2.05) is 18.3 Å². The number of hydrogen-bond donors (Lipinski definition) is 2. The number of hydrogen-bond acceptors (Lipinski definition) is 6. The molecule has 5 nitrogen and oxygen atoms in total. The van der Waals surface area contributed by atoms with Gasteiger partial charge >= 0.3 is 0 Å². The normalized spacial score (nSPS) is 22.1. The molecule has 3 heterocycles. The highest BCUT2D eigenvalue weighted by atomic mass is 32.1. The number of rotatable bonds is 4. The van der Waals surface area contributed by atoms with Crippen molar-refractivity contribution in [2.75, 3.05) is 24.2 Å². The van der Waals surface area contributed by atoms with Crippen LogP contribution < -0.4 is 11.1 Å². The Balaban J connectivity index is 1.77. The molecule has 0 amide bonds. The molecule has 0 radical (unpaired) electrons. The van der Waals surface area contributed by atoms with Crippen molar-refractivity contribution in [1.82, 2.24) is 9.36 Å². The zero-order valence-corrected chi connectivity index (χ0v) is 12.2. The molecule has 2 unspecified atom stereocenters. The monoisotopic (exact) mass is 290 g/mol. The average molecular weight is 290 g/mol. The molecule has 0 saturated carbocycles. The van der Waals surface area contributed by atoms with E-state index < -0.39 is 0 Å². The summed E-state index contributed by atoms with van der Waals surface area (Å²) < 4.78 is 9.84. The van der Waals surface area contributed by atoms with E-state index in [9.17, 15) is 0 Å². The van der Waals surface area contributed by atoms with Crippen LogP contribution >= 0.6 is 11.5 Å². The number of nitrogens with two attached hydrogens (primary N) is 1. The molecule has 0 aliphatic carbocycles. The zero-order chi connectivity index (χ0) is 13.9. The van der Waals surface area contributed by atoms with Crippen LogP contribution in [-0.4, -0.2) is 28.6 Å². The SMILES string of the molecule is CC1OCCC1CNc1snc(N)c1-c1cccnc1. The zero-order valence-electron chi connectivity index (χ0n) is 11.4. The van der Waals surface area contributed by atoms with Gasteiger partial charge in [-0.15, -0.1) is 0 Å². The maximum Gasteiger partial charge on any atom is 0.147 e. The molecule has 3 rings (SSSR count). The number of nitrogen functional groups attached to an aromatic ring is 1. The standard InChI is InChI=1S/C14H18N4OS/c1-9-10(4-6-19-9)8-17-14-12(13(15)18-20-14)11-3-2-5-16-7-11/h2-3,5,7,9-10,17H,4,6,8H2,1H3,(H2,15,18). The molecule has 1 aliphatic rings. The average Bonchev–Trinajstić information content (AvgIpc) is 3.03. The quantitative estimate of drug-likeness (QED) is 0.905. The number of aromatic nitrogens is 2. The fourth-order valence-electron chi connectivity index (χ4n) is 2.48. The lowest BCUT2D eigenvalue weighted by molar-refractivity contribution is 0.108. The minimum atomic E-state index is 0.314. The highest BCUT2D eigenvalue weighted by Gasteiger charge is 2.24. The molecule has 0 aromatic carbocycles. The predicted octanol–water partition coefficient (Wildman–Crippen LogP) is 2.62. The van der Waals surface area contributed by atoms with Gasteiger partial charge in [-0.3, -0.25) is 4.98 Å². The maximum atomic E-state index is 5.99. The van der Waals surface area contributed by atoms with Crippen LogP contribution in [0.3, 0.4) is 0 Å². The molecule has 1 aliphatic heterocycles. The van der Waals surface area contributed by atoms with E-state index in [0.29, 0.717) is 17.8 Å². The van der Waals surface area contributed by atoms with Gasteiger partial charge in [-0.1, -0.05) is 6.07 Å².